The normalized spacial score (nSPS) is 11.0. The molecule has 1 heterocycles. The van der Waals surface area contributed by atoms with Gasteiger partial charge in [0.05, 0.1) is 23.3 Å². The van der Waals surface area contributed by atoms with Gasteiger partial charge in [0.25, 0.3) is 0 Å². The van der Waals surface area contributed by atoms with Gasteiger partial charge in [-0.15, -0.1) is 0 Å². The fourth-order valence-electron chi connectivity index (χ4n) is 3.09. The molecule has 0 saturated heterocycles. The van der Waals surface area contributed by atoms with Crippen LogP contribution in [0.5, 0.6) is 17.2 Å². The average Bonchev–Trinajstić information content (AvgIpc) is 2.69. The molecule has 0 aliphatic rings. The number of halogens is 2. The Morgan fingerprint density at radius 3 is 2.32 bits per heavy atom. The lowest BCUT2D eigenvalue weighted by Crippen LogP contribution is -1.92. The molecule has 0 atom stereocenters. The van der Waals surface area contributed by atoms with Gasteiger partial charge in [0.15, 0.2) is 11.6 Å². The van der Waals surface area contributed by atoms with Crippen LogP contribution in [-0.2, 0) is 0 Å². The van der Waals surface area contributed by atoms with Gasteiger partial charge in [-0.3, -0.25) is 0 Å². The zero-order valence-corrected chi connectivity index (χ0v) is 15.5. The number of phenols is 2. The number of aromatic nitrogens is 1. The van der Waals surface area contributed by atoms with Crippen molar-refractivity contribution in [2.75, 3.05) is 7.11 Å². The van der Waals surface area contributed by atoms with Gasteiger partial charge < -0.3 is 14.9 Å². The van der Waals surface area contributed by atoms with Crippen molar-refractivity contribution in [2.45, 2.75) is 0 Å². The molecule has 4 aromatic rings. The lowest BCUT2D eigenvalue weighted by atomic mass is 9.98. The van der Waals surface area contributed by atoms with Crippen molar-refractivity contribution >= 4 is 22.5 Å². The summed E-state index contributed by atoms with van der Waals surface area (Å²) >= 11 is 6.33. The second-order valence-electron chi connectivity index (χ2n) is 6.27. The van der Waals surface area contributed by atoms with Crippen molar-refractivity contribution in [3.63, 3.8) is 0 Å². The number of fused-ring (bicyclic) bond motifs is 1. The zero-order valence-electron chi connectivity index (χ0n) is 14.8. The SMILES string of the molecule is COc1ccc(-c2cc(-c3ccc(O)c(F)c3)nc3c(Cl)cc(O)cc23)cc1. The fraction of sp³-hybridized carbons (Fsp3) is 0.0455. The largest absolute Gasteiger partial charge is 0.508 e. The third kappa shape index (κ3) is 3.21. The minimum absolute atomic E-state index is 0.0255. The van der Waals surface area contributed by atoms with E-state index in [1.807, 2.05) is 24.3 Å². The van der Waals surface area contributed by atoms with Gasteiger partial charge in [0.1, 0.15) is 11.5 Å². The lowest BCUT2D eigenvalue weighted by molar-refractivity contribution is 0.415. The topological polar surface area (TPSA) is 62.6 Å². The average molecular weight is 396 g/mol. The predicted molar refractivity (Wildman–Crippen MR) is 107 cm³/mol. The van der Waals surface area contributed by atoms with E-state index in [-0.39, 0.29) is 10.8 Å². The number of methoxy groups -OCH3 is 1. The van der Waals surface area contributed by atoms with E-state index in [0.29, 0.717) is 27.9 Å². The molecule has 0 bridgehead atoms. The molecule has 0 radical (unpaired) electrons. The number of phenolic OH excluding ortho intramolecular Hbond substituents is 2. The highest BCUT2D eigenvalue weighted by molar-refractivity contribution is 6.35. The zero-order chi connectivity index (χ0) is 19.8. The molecule has 0 unspecified atom stereocenters. The summed E-state index contributed by atoms with van der Waals surface area (Å²) < 4.78 is 19.1. The second kappa shape index (κ2) is 7.02. The highest BCUT2D eigenvalue weighted by Gasteiger charge is 2.14. The number of nitrogens with zero attached hydrogens (tertiary/aromatic N) is 1. The van der Waals surface area contributed by atoms with Crippen LogP contribution in [0.3, 0.4) is 0 Å². The van der Waals surface area contributed by atoms with Crippen LogP contribution in [0.25, 0.3) is 33.3 Å². The smallest absolute Gasteiger partial charge is 0.165 e. The molecule has 0 spiro atoms. The van der Waals surface area contributed by atoms with Gasteiger partial charge in [-0.25, -0.2) is 9.37 Å². The van der Waals surface area contributed by atoms with Crippen molar-refractivity contribution < 1.29 is 19.3 Å². The molecule has 0 aliphatic heterocycles. The van der Waals surface area contributed by atoms with E-state index in [9.17, 15) is 14.6 Å². The van der Waals surface area contributed by atoms with Gasteiger partial charge in [-0.2, -0.15) is 0 Å². The van der Waals surface area contributed by atoms with E-state index in [4.69, 9.17) is 16.3 Å². The van der Waals surface area contributed by atoms with Crippen LogP contribution in [-0.4, -0.2) is 22.3 Å². The summed E-state index contributed by atoms with van der Waals surface area (Å²) in [6.07, 6.45) is 0. The maximum absolute atomic E-state index is 13.9. The third-order valence-electron chi connectivity index (χ3n) is 4.50. The molecule has 0 amide bonds. The standard InChI is InChI=1S/C22H15ClFNO3/c1-28-15-5-2-12(3-6-15)16-11-20(13-4-7-21(27)19(24)8-13)25-22-17(16)9-14(26)10-18(22)23/h2-11,26-27H,1H3. The molecule has 4 rings (SSSR count). The van der Waals surface area contributed by atoms with Crippen molar-refractivity contribution in [2.24, 2.45) is 0 Å². The number of benzene rings is 3. The molecular formula is C22H15ClFNO3. The lowest BCUT2D eigenvalue weighted by Gasteiger charge is -2.13. The van der Waals surface area contributed by atoms with Crippen molar-refractivity contribution in [1.82, 2.24) is 4.98 Å². The van der Waals surface area contributed by atoms with Gasteiger partial charge in [0, 0.05) is 17.0 Å². The van der Waals surface area contributed by atoms with Crippen LogP contribution < -0.4 is 4.74 Å². The molecule has 28 heavy (non-hydrogen) atoms. The summed E-state index contributed by atoms with van der Waals surface area (Å²) in [6.45, 7) is 0. The summed E-state index contributed by atoms with van der Waals surface area (Å²) in [5, 5.41) is 20.4. The van der Waals surface area contributed by atoms with Crippen LogP contribution in [0.2, 0.25) is 5.02 Å². The first-order chi connectivity index (χ1) is 13.5. The van der Waals surface area contributed by atoms with E-state index in [2.05, 4.69) is 4.98 Å². The third-order valence-corrected chi connectivity index (χ3v) is 4.78. The first-order valence-corrected chi connectivity index (χ1v) is 8.80. The molecule has 3 aromatic carbocycles. The van der Waals surface area contributed by atoms with Gasteiger partial charge in [-0.05, 0) is 53.6 Å². The summed E-state index contributed by atoms with van der Waals surface area (Å²) in [7, 11) is 1.59. The Hall–Kier alpha value is -3.31. The molecule has 0 saturated carbocycles. The minimum Gasteiger partial charge on any atom is -0.508 e. The van der Waals surface area contributed by atoms with E-state index >= 15 is 0 Å². The molecular weight excluding hydrogens is 381 g/mol. The summed E-state index contributed by atoms with van der Waals surface area (Å²) in [4.78, 5) is 4.56. The predicted octanol–water partition coefficient (Wildman–Crippen LogP) is 5.78. The Balaban J connectivity index is 2.01. The number of ether oxygens (including phenoxy) is 1. The minimum atomic E-state index is -0.734. The Labute approximate surface area is 165 Å². The van der Waals surface area contributed by atoms with E-state index < -0.39 is 11.6 Å². The highest BCUT2D eigenvalue weighted by Crippen LogP contribution is 2.38. The number of aromatic hydroxyl groups is 2. The Bertz CT molecular complexity index is 1190. The van der Waals surface area contributed by atoms with E-state index in [0.717, 1.165) is 11.1 Å². The number of pyridine rings is 1. The van der Waals surface area contributed by atoms with Crippen LogP contribution in [0, 0.1) is 5.82 Å². The number of rotatable bonds is 3. The van der Waals surface area contributed by atoms with Crippen LogP contribution in [0.1, 0.15) is 0 Å². The maximum atomic E-state index is 13.9. The Morgan fingerprint density at radius 2 is 1.64 bits per heavy atom. The molecule has 0 fully saturated rings. The van der Waals surface area contributed by atoms with Crippen molar-refractivity contribution in [1.29, 1.82) is 0 Å². The molecule has 140 valence electrons. The van der Waals surface area contributed by atoms with Crippen molar-refractivity contribution in [3.05, 3.63) is 71.5 Å². The maximum Gasteiger partial charge on any atom is 0.165 e. The fourth-order valence-corrected chi connectivity index (χ4v) is 3.35. The molecule has 2 N–H and O–H groups in total. The van der Waals surface area contributed by atoms with Gasteiger partial charge >= 0.3 is 0 Å². The number of hydrogen-bond acceptors (Lipinski definition) is 4. The summed E-state index contributed by atoms with van der Waals surface area (Å²) in [5.41, 5.74) is 3.10. The number of hydrogen-bond donors (Lipinski definition) is 2. The molecule has 6 heteroatoms. The molecule has 4 nitrogen and oxygen atoms in total. The van der Waals surface area contributed by atoms with Gasteiger partial charge in [-0.1, -0.05) is 23.7 Å². The van der Waals surface area contributed by atoms with E-state index in [1.165, 1.54) is 18.2 Å². The van der Waals surface area contributed by atoms with Gasteiger partial charge in [0.2, 0.25) is 0 Å². The second-order valence-corrected chi connectivity index (χ2v) is 6.68. The van der Waals surface area contributed by atoms with Crippen LogP contribution in [0.4, 0.5) is 4.39 Å². The van der Waals surface area contributed by atoms with Crippen molar-refractivity contribution in [3.8, 4) is 39.6 Å². The quantitative estimate of drug-likeness (QED) is 0.461. The Kier molecular flexibility index (Phi) is 4.53. The molecule has 1 aromatic heterocycles. The summed E-state index contributed by atoms with van der Waals surface area (Å²) in [6, 6.07) is 16.3. The first kappa shape index (κ1) is 18.1. The van der Waals surface area contributed by atoms with Crippen LogP contribution >= 0.6 is 11.6 Å². The first-order valence-electron chi connectivity index (χ1n) is 8.43. The highest BCUT2D eigenvalue weighted by atomic mass is 35.5. The summed E-state index contributed by atoms with van der Waals surface area (Å²) in [5.74, 6) is -0.425. The monoisotopic (exact) mass is 395 g/mol. The molecule has 0 aliphatic carbocycles. The van der Waals surface area contributed by atoms with E-state index in [1.54, 1.807) is 25.3 Å². The van der Waals surface area contributed by atoms with Crippen LogP contribution in [0.15, 0.2) is 60.7 Å². The Morgan fingerprint density at radius 1 is 0.929 bits per heavy atom.